The molecule has 6 aromatic rings. The van der Waals surface area contributed by atoms with E-state index >= 15 is 0 Å². The largest absolute Gasteiger partial charge is 0.505 e. The van der Waals surface area contributed by atoms with Gasteiger partial charge < -0.3 is 15.6 Å². The molecule has 26 heteroatoms. The number of azo groups is 2. The lowest BCUT2D eigenvalue weighted by Gasteiger charge is -2.13. The predicted octanol–water partition coefficient (Wildman–Crippen LogP) is 7.58. The van der Waals surface area contributed by atoms with E-state index in [9.17, 15) is 67.1 Å². The number of nitro benzene ring substituents is 1. The van der Waals surface area contributed by atoms with Gasteiger partial charge in [0.25, 0.3) is 46.2 Å². The van der Waals surface area contributed by atoms with Crippen molar-refractivity contribution in [3.63, 3.8) is 0 Å². The van der Waals surface area contributed by atoms with Crippen molar-refractivity contribution in [2.24, 2.45) is 20.5 Å². The number of nitrogens with two attached hydrogens (primary N) is 1. The number of phenols is 1. The van der Waals surface area contributed by atoms with Crippen molar-refractivity contribution in [2.75, 3.05) is 12.3 Å². The molecule has 6 aromatic carbocycles. The minimum absolute atomic E-state index is 0.00266. The Morgan fingerprint density at radius 1 is 0.645 bits per heavy atom. The van der Waals surface area contributed by atoms with Crippen LogP contribution in [0.2, 0.25) is 0 Å². The van der Waals surface area contributed by atoms with E-state index in [4.69, 9.17) is 10.5 Å². The van der Waals surface area contributed by atoms with E-state index in [1.54, 1.807) is 6.92 Å². The number of aromatic hydroxyl groups is 1. The molecule has 0 radical (unpaired) electrons. The Kier molecular flexibility index (Phi) is 12.0. The van der Waals surface area contributed by atoms with Crippen LogP contribution in [-0.4, -0.2) is 68.5 Å². The lowest BCUT2D eigenvalue weighted by atomic mass is 10.1. The summed E-state index contributed by atoms with van der Waals surface area (Å²) in [6.07, 6.45) is 2.03. The van der Waals surface area contributed by atoms with Crippen LogP contribution in [-0.2, 0) is 40.5 Å². The second kappa shape index (κ2) is 16.6. The number of nitrogen functional groups attached to an aromatic ring is 1. The lowest BCUT2D eigenvalue weighted by molar-refractivity contribution is -0.385. The molecular weight excluding hydrogens is 901 g/mol. The third kappa shape index (κ3) is 9.56. The van der Waals surface area contributed by atoms with E-state index in [2.05, 4.69) is 20.5 Å². The third-order valence-corrected chi connectivity index (χ3v) is 12.2. The Morgan fingerprint density at radius 2 is 1.24 bits per heavy atom. The smallest absolute Gasteiger partial charge is 0.296 e. The predicted molar refractivity (Wildman–Crippen MR) is 221 cm³/mol. The van der Waals surface area contributed by atoms with Crippen LogP contribution >= 0.6 is 0 Å². The number of ether oxygens (including phenoxy) is 1. The van der Waals surface area contributed by atoms with Crippen LogP contribution in [0, 0.1) is 10.1 Å². The first-order valence-corrected chi connectivity index (χ1v) is 22.8. The zero-order valence-corrected chi connectivity index (χ0v) is 34.4. The highest BCUT2D eigenvalue weighted by atomic mass is 32.2. The number of phenolic OH excluding ortho intramolecular Hbond substituents is 1. The van der Waals surface area contributed by atoms with E-state index < -0.39 is 82.1 Å². The molecule has 0 saturated heterocycles. The molecule has 0 amide bonds. The van der Waals surface area contributed by atoms with Crippen molar-refractivity contribution >= 4 is 108 Å². The summed E-state index contributed by atoms with van der Waals surface area (Å²) >= 11 is 0. The molecule has 62 heavy (non-hydrogen) atoms. The van der Waals surface area contributed by atoms with Crippen LogP contribution < -0.4 is 10.5 Å². The van der Waals surface area contributed by atoms with E-state index in [0.717, 1.165) is 60.7 Å². The lowest BCUT2D eigenvalue weighted by Crippen LogP contribution is -2.02. The van der Waals surface area contributed by atoms with Gasteiger partial charge in [-0.05, 0) is 78.0 Å². The monoisotopic (exact) mass is 928 g/mol. The van der Waals surface area contributed by atoms with Crippen molar-refractivity contribution in [2.45, 2.75) is 26.5 Å². The normalized spacial score (nSPS) is 12.9. The molecule has 7 N–H and O–H groups in total. The molecule has 0 bridgehead atoms. The highest BCUT2D eigenvalue weighted by Crippen LogP contribution is 2.46. The Morgan fingerprint density at radius 3 is 1.84 bits per heavy atom. The highest BCUT2D eigenvalue weighted by Gasteiger charge is 2.24. The number of benzene rings is 6. The Labute approximate surface area is 350 Å². The van der Waals surface area contributed by atoms with E-state index in [-0.39, 0.29) is 67.8 Å². The van der Waals surface area contributed by atoms with Gasteiger partial charge in [0.2, 0.25) is 0 Å². The fourth-order valence-electron chi connectivity index (χ4n) is 5.96. The van der Waals surface area contributed by atoms with Gasteiger partial charge in [-0.1, -0.05) is 24.3 Å². The second-order valence-corrected chi connectivity index (χ2v) is 18.4. The fourth-order valence-corrected chi connectivity index (χ4v) is 8.53. The Bertz CT molecular complexity index is 3430. The van der Waals surface area contributed by atoms with Gasteiger partial charge in [0.15, 0.2) is 5.75 Å². The maximum atomic E-state index is 12.5. The molecule has 0 unspecified atom stereocenters. The summed E-state index contributed by atoms with van der Waals surface area (Å²) in [6, 6.07) is 15.1. The topological polar surface area (TPSA) is 366 Å². The van der Waals surface area contributed by atoms with Crippen molar-refractivity contribution < 1.29 is 66.6 Å². The van der Waals surface area contributed by atoms with Crippen LogP contribution in [0.1, 0.15) is 18.1 Å². The molecule has 0 aliphatic rings. The second-order valence-electron chi connectivity index (χ2n) is 12.8. The zero-order valence-electron chi connectivity index (χ0n) is 31.1. The number of hydrogen-bond donors (Lipinski definition) is 6. The maximum absolute atomic E-state index is 12.5. The van der Waals surface area contributed by atoms with E-state index in [1.807, 2.05) is 0 Å². The molecule has 0 aromatic heterocycles. The van der Waals surface area contributed by atoms with Gasteiger partial charge in [-0.25, -0.2) is 0 Å². The minimum Gasteiger partial charge on any atom is -0.505 e. The first-order valence-electron chi connectivity index (χ1n) is 17.0. The van der Waals surface area contributed by atoms with Crippen LogP contribution in [0.25, 0.3) is 33.7 Å². The summed E-state index contributed by atoms with van der Waals surface area (Å²) in [5.74, 6) is -0.839. The summed E-state index contributed by atoms with van der Waals surface area (Å²) in [7, 11) is -20.0. The van der Waals surface area contributed by atoms with E-state index in [1.165, 1.54) is 30.3 Å². The summed E-state index contributed by atoms with van der Waals surface area (Å²) in [5, 5.41) is 38.6. The fraction of sp³-hybridized carbons (Fsp3) is 0.0556. The Balaban J connectivity index is 1.49. The van der Waals surface area contributed by atoms with Gasteiger partial charge in [-0.15, -0.1) is 15.3 Å². The number of hydrogen-bond acceptors (Lipinski definition) is 17. The van der Waals surface area contributed by atoms with Gasteiger partial charge in [0.1, 0.15) is 31.8 Å². The van der Waals surface area contributed by atoms with E-state index in [0.29, 0.717) is 6.07 Å². The summed E-state index contributed by atoms with van der Waals surface area (Å²) in [5.41, 5.74) is 3.49. The van der Waals surface area contributed by atoms with Gasteiger partial charge in [-0.2, -0.15) is 38.8 Å². The first-order chi connectivity index (χ1) is 28.9. The summed E-state index contributed by atoms with van der Waals surface area (Å²) < 4.78 is 144. The molecule has 0 heterocycles. The standard InChI is InChI=1S/C36H28N6O16S4/c1-2-58-30-18-29(39-38-23-8-5-19(31(15-23)60(49,50)51)3-4-20-6-9-24(42(44)45)16-32(20)61(52,53)54)28-17-25(59(46,47)48)10-12-27(28)34(30)40-41-35-33(62(55,56)57)14-21-13-22(37)7-11-26(21)36(35)43/h3-18,43H,2,37H2,1H3,(H,46,47,48)(H,49,50,51)(H,52,53,54)(H,55,56,57)/b4-3+,39-38?,41-40?. The van der Waals surface area contributed by atoms with Crippen LogP contribution in [0.3, 0.4) is 0 Å². The third-order valence-electron chi connectivity index (χ3n) is 8.70. The number of fused-ring (bicyclic) bond motifs is 2. The molecule has 6 rings (SSSR count). The number of nitro groups is 1. The molecule has 0 aliphatic heterocycles. The summed E-state index contributed by atoms with van der Waals surface area (Å²) in [4.78, 5) is 7.12. The highest BCUT2D eigenvalue weighted by molar-refractivity contribution is 7.86. The van der Waals surface area contributed by atoms with Gasteiger partial charge >= 0.3 is 0 Å². The molecule has 0 atom stereocenters. The van der Waals surface area contributed by atoms with Gasteiger partial charge in [-0.3, -0.25) is 28.3 Å². The van der Waals surface area contributed by atoms with Gasteiger partial charge in [0, 0.05) is 40.0 Å². The summed E-state index contributed by atoms with van der Waals surface area (Å²) in [6.45, 7) is 1.54. The van der Waals surface area contributed by atoms with Crippen LogP contribution in [0.5, 0.6) is 11.5 Å². The number of anilines is 1. The molecule has 322 valence electrons. The number of non-ortho nitro benzene ring substituents is 1. The molecule has 22 nitrogen and oxygen atoms in total. The van der Waals surface area contributed by atoms with Crippen LogP contribution in [0.4, 0.5) is 34.1 Å². The van der Waals surface area contributed by atoms with Crippen molar-refractivity contribution in [3.05, 3.63) is 106 Å². The molecule has 0 fully saturated rings. The van der Waals surface area contributed by atoms with Crippen LogP contribution in [0.15, 0.2) is 125 Å². The minimum atomic E-state index is -5.06. The van der Waals surface area contributed by atoms with Crippen molar-refractivity contribution in [1.82, 2.24) is 0 Å². The van der Waals surface area contributed by atoms with Gasteiger partial charge in [0.05, 0.1) is 27.8 Å². The molecule has 0 saturated carbocycles. The average Bonchev–Trinajstić information content (AvgIpc) is 3.17. The number of nitrogens with zero attached hydrogens (tertiary/aromatic N) is 5. The zero-order chi connectivity index (χ0) is 45.5. The molecule has 0 aliphatic carbocycles. The maximum Gasteiger partial charge on any atom is 0.296 e. The average molecular weight is 929 g/mol. The van der Waals surface area contributed by atoms with Crippen molar-refractivity contribution in [1.29, 1.82) is 0 Å². The molecule has 0 spiro atoms. The van der Waals surface area contributed by atoms with Crippen molar-refractivity contribution in [3.8, 4) is 11.5 Å². The number of rotatable bonds is 13. The Hall–Kier alpha value is -6.78. The SMILES string of the molecule is CCOc1cc(N=Nc2ccc(/C=C/c3ccc([N+](=O)[O-])cc3S(=O)(=O)O)c(S(=O)(=O)O)c2)c2cc(S(=O)(=O)O)ccc2c1N=Nc1c(S(=O)(=O)O)cc2cc(N)ccc2c1O. The molecular formula is C36H28N6O16S4. The first kappa shape index (κ1) is 44.8. The quantitative estimate of drug-likeness (QED) is 0.0162.